The van der Waals surface area contributed by atoms with E-state index in [1.165, 1.54) is 27.6 Å². The van der Waals surface area contributed by atoms with Crippen LogP contribution >= 0.6 is 11.3 Å². The fraction of sp³-hybridized carbons (Fsp3) is 0.208. The summed E-state index contributed by atoms with van der Waals surface area (Å²) in [5.74, 6) is 0.308. The predicted octanol–water partition coefficient (Wildman–Crippen LogP) is 5.34. The molecule has 0 bridgehead atoms. The van der Waals surface area contributed by atoms with E-state index < -0.39 is 0 Å². The van der Waals surface area contributed by atoms with Gasteiger partial charge in [0.25, 0.3) is 0 Å². The van der Waals surface area contributed by atoms with Crippen molar-refractivity contribution in [2.75, 3.05) is 6.54 Å². The second-order valence-electron chi connectivity index (χ2n) is 7.44. The monoisotopic (exact) mass is 386 g/mol. The van der Waals surface area contributed by atoms with Gasteiger partial charge in [0, 0.05) is 42.5 Å². The Balaban J connectivity index is 1.44. The highest BCUT2D eigenvalue weighted by atomic mass is 32.1. The lowest BCUT2D eigenvalue weighted by atomic mass is 9.89. The van der Waals surface area contributed by atoms with E-state index in [1.54, 1.807) is 11.3 Å². The Morgan fingerprint density at radius 1 is 1.07 bits per heavy atom. The molecular formula is C24H22N2OS. The van der Waals surface area contributed by atoms with Crippen LogP contribution in [0.25, 0.3) is 10.9 Å². The zero-order chi connectivity index (χ0) is 18.9. The van der Waals surface area contributed by atoms with Gasteiger partial charge in [0.2, 0.25) is 5.91 Å². The number of H-pyrrole nitrogens is 1. The van der Waals surface area contributed by atoms with Crippen LogP contribution in [0.4, 0.5) is 0 Å². The number of nitrogens with zero attached hydrogens (tertiary/aromatic N) is 1. The van der Waals surface area contributed by atoms with E-state index in [0.717, 1.165) is 25.0 Å². The SMILES string of the molecule is O=C(CC(c1ccsc1)c1c[nH]c2ccccc12)N1CCc2ccccc2C1. The zero-order valence-corrected chi connectivity index (χ0v) is 16.4. The number of aromatic amines is 1. The van der Waals surface area contributed by atoms with E-state index in [-0.39, 0.29) is 11.8 Å². The second kappa shape index (κ2) is 7.28. The van der Waals surface area contributed by atoms with Crippen molar-refractivity contribution in [3.63, 3.8) is 0 Å². The normalized spacial score (nSPS) is 14.8. The molecule has 0 aliphatic carbocycles. The Bertz CT molecular complexity index is 1110. The fourth-order valence-electron chi connectivity index (χ4n) is 4.28. The van der Waals surface area contributed by atoms with Crippen molar-refractivity contribution in [1.29, 1.82) is 0 Å². The highest BCUT2D eigenvalue weighted by Crippen LogP contribution is 2.35. The van der Waals surface area contributed by atoms with Crippen LogP contribution in [0.5, 0.6) is 0 Å². The smallest absolute Gasteiger partial charge is 0.223 e. The Kier molecular flexibility index (Phi) is 4.49. The van der Waals surface area contributed by atoms with Crippen LogP contribution in [0, 0.1) is 0 Å². The average molecular weight is 387 g/mol. The summed E-state index contributed by atoms with van der Waals surface area (Å²) in [5, 5.41) is 5.47. The van der Waals surface area contributed by atoms with E-state index in [4.69, 9.17) is 0 Å². The molecule has 1 atom stereocenters. The molecule has 1 aliphatic heterocycles. The molecule has 2 aromatic carbocycles. The first-order valence-electron chi connectivity index (χ1n) is 9.72. The molecule has 1 unspecified atom stereocenters. The maximum absolute atomic E-state index is 13.3. The van der Waals surface area contributed by atoms with Gasteiger partial charge < -0.3 is 9.88 Å². The van der Waals surface area contributed by atoms with Crippen molar-refractivity contribution in [1.82, 2.24) is 9.88 Å². The summed E-state index contributed by atoms with van der Waals surface area (Å²) < 4.78 is 0. The molecule has 1 N–H and O–H groups in total. The number of fused-ring (bicyclic) bond motifs is 2. The van der Waals surface area contributed by atoms with Gasteiger partial charge in [0.1, 0.15) is 0 Å². The first-order valence-corrected chi connectivity index (χ1v) is 10.7. The number of para-hydroxylation sites is 1. The topological polar surface area (TPSA) is 36.1 Å². The number of thiophene rings is 1. The maximum atomic E-state index is 13.3. The molecule has 5 rings (SSSR count). The molecule has 1 amide bonds. The van der Waals surface area contributed by atoms with Gasteiger partial charge in [-0.05, 0) is 51.6 Å². The number of carbonyl (C=O) groups is 1. The lowest BCUT2D eigenvalue weighted by Crippen LogP contribution is -2.36. The highest BCUT2D eigenvalue weighted by Gasteiger charge is 2.26. The lowest BCUT2D eigenvalue weighted by molar-refractivity contribution is -0.132. The molecular weight excluding hydrogens is 364 g/mol. The highest BCUT2D eigenvalue weighted by molar-refractivity contribution is 7.08. The second-order valence-corrected chi connectivity index (χ2v) is 8.22. The summed E-state index contributed by atoms with van der Waals surface area (Å²) in [4.78, 5) is 18.7. The Morgan fingerprint density at radius 3 is 2.75 bits per heavy atom. The molecule has 2 aromatic heterocycles. The zero-order valence-electron chi connectivity index (χ0n) is 15.6. The van der Waals surface area contributed by atoms with Gasteiger partial charge in [-0.3, -0.25) is 4.79 Å². The third-order valence-corrected chi connectivity index (χ3v) is 6.51. The quantitative estimate of drug-likeness (QED) is 0.505. The summed E-state index contributed by atoms with van der Waals surface area (Å²) >= 11 is 1.69. The number of nitrogens with one attached hydrogen (secondary N) is 1. The van der Waals surface area contributed by atoms with Gasteiger partial charge in [0.15, 0.2) is 0 Å². The van der Waals surface area contributed by atoms with E-state index in [9.17, 15) is 4.79 Å². The van der Waals surface area contributed by atoms with Crippen LogP contribution in [0.3, 0.4) is 0 Å². The number of rotatable bonds is 4. The minimum atomic E-state index is 0.0760. The third-order valence-electron chi connectivity index (χ3n) is 5.80. The summed E-state index contributed by atoms with van der Waals surface area (Å²) in [6, 6.07) is 19.0. The molecule has 0 fully saturated rings. The van der Waals surface area contributed by atoms with Crippen molar-refractivity contribution < 1.29 is 4.79 Å². The minimum Gasteiger partial charge on any atom is -0.361 e. The third kappa shape index (κ3) is 3.14. The van der Waals surface area contributed by atoms with Gasteiger partial charge in [-0.2, -0.15) is 11.3 Å². The molecule has 4 heteroatoms. The molecule has 3 nitrogen and oxygen atoms in total. The molecule has 0 spiro atoms. The fourth-order valence-corrected chi connectivity index (χ4v) is 4.99. The summed E-state index contributed by atoms with van der Waals surface area (Å²) in [6.07, 6.45) is 3.52. The van der Waals surface area contributed by atoms with Crippen molar-refractivity contribution >= 4 is 28.1 Å². The largest absolute Gasteiger partial charge is 0.361 e. The van der Waals surface area contributed by atoms with Crippen molar-refractivity contribution in [2.24, 2.45) is 0 Å². The molecule has 4 aromatic rings. The van der Waals surface area contributed by atoms with Crippen molar-refractivity contribution in [3.8, 4) is 0 Å². The van der Waals surface area contributed by atoms with E-state index in [0.29, 0.717) is 6.42 Å². The molecule has 140 valence electrons. The number of hydrogen-bond acceptors (Lipinski definition) is 2. The summed E-state index contributed by atoms with van der Waals surface area (Å²) in [7, 11) is 0. The number of amides is 1. The molecule has 0 saturated carbocycles. The number of aromatic nitrogens is 1. The van der Waals surface area contributed by atoms with Gasteiger partial charge in [-0.1, -0.05) is 42.5 Å². The molecule has 3 heterocycles. The summed E-state index contributed by atoms with van der Waals surface area (Å²) in [6.45, 7) is 1.53. The van der Waals surface area contributed by atoms with Gasteiger partial charge in [0.05, 0.1) is 0 Å². The Labute approximate surface area is 168 Å². The van der Waals surface area contributed by atoms with Crippen LogP contribution in [0.1, 0.15) is 34.6 Å². The van der Waals surface area contributed by atoms with Gasteiger partial charge in [-0.15, -0.1) is 0 Å². The molecule has 1 aliphatic rings. The van der Waals surface area contributed by atoms with Gasteiger partial charge in [-0.25, -0.2) is 0 Å². The van der Waals surface area contributed by atoms with Crippen LogP contribution in [0.15, 0.2) is 71.6 Å². The van der Waals surface area contributed by atoms with Crippen molar-refractivity contribution in [3.05, 3.63) is 93.8 Å². The van der Waals surface area contributed by atoms with Crippen molar-refractivity contribution in [2.45, 2.75) is 25.3 Å². The molecule has 0 saturated heterocycles. The Morgan fingerprint density at radius 2 is 1.89 bits per heavy atom. The van der Waals surface area contributed by atoms with E-state index in [1.807, 2.05) is 11.0 Å². The van der Waals surface area contributed by atoms with Gasteiger partial charge >= 0.3 is 0 Å². The lowest BCUT2D eigenvalue weighted by Gasteiger charge is -2.30. The summed E-state index contributed by atoms with van der Waals surface area (Å²) in [5.41, 5.74) is 6.20. The number of benzene rings is 2. The first-order chi connectivity index (χ1) is 13.8. The van der Waals surface area contributed by atoms with Crippen LogP contribution < -0.4 is 0 Å². The number of hydrogen-bond donors (Lipinski definition) is 1. The van der Waals surface area contributed by atoms with Crippen LogP contribution in [-0.4, -0.2) is 22.3 Å². The predicted molar refractivity (Wildman–Crippen MR) is 115 cm³/mol. The van der Waals surface area contributed by atoms with Crippen LogP contribution in [0.2, 0.25) is 0 Å². The first kappa shape index (κ1) is 17.3. The molecule has 0 radical (unpaired) electrons. The van der Waals surface area contributed by atoms with E-state index in [2.05, 4.69) is 70.5 Å². The Hall–Kier alpha value is -2.85. The van der Waals surface area contributed by atoms with Crippen LogP contribution in [-0.2, 0) is 17.8 Å². The average Bonchev–Trinajstić information content (AvgIpc) is 3.42. The standard InChI is InChI=1S/C24H22N2OS/c27-24(26-11-9-17-5-1-2-6-18(17)15-26)13-21(19-10-12-28-16-19)22-14-25-23-8-4-3-7-20(22)23/h1-8,10,12,14,16,21,25H,9,11,13,15H2. The van der Waals surface area contributed by atoms with E-state index >= 15 is 0 Å². The minimum absolute atomic E-state index is 0.0760. The molecule has 28 heavy (non-hydrogen) atoms. The number of carbonyl (C=O) groups excluding carboxylic acids is 1. The maximum Gasteiger partial charge on any atom is 0.223 e.